The van der Waals surface area contributed by atoms with Gasteiger partial charge in [0.15, 0.2) is 0 Å². The Bertz CT molecular complexity index is 432. The summed E-state index contributed by atoms with van der Waals surface area (Å²) in [4.78, 5) is 0. The summed E-state index contributed by atoms with van der Waals surface area (Å²) in [6.45, 7) is 0.987. The summed E-state index contributed by atoms with van der Waals surface area (Å²) in [5.74, 6) is 0. The fourth-order valence-electron chi connectivity index (χ4n) is 1.63. The monoisotopic (exact) mass is 217 g/mol. The number of nitrogen functional groups attached to an aromatic ring is 1. The molecule has 2 rings (SSSR count). The molecule has 4 nitrogen and oxygen atoms in total. The summed E-state index contributed by atoms with van der Waals surface area (Å²) >= 11 is 0. The molecule has 1 aliphatic rings. The van der Waals surface area contributed by atoms with Gasteiger partial charge in [0.05, 0.1) is 17.9 Å². The summed E-state index contributed by atoms with van der Waals surface area (Å²) in [7, 11) is 0. The van der Waals surface area contributed by atoms with Crippen molar-refractivity contribution in [1.82, 2.24) is 0 Å². The lowest BCUT2D eigenvalue weighted by atomic mass is 10.1. The van der Waals surface area contributed by atoms with E-state index in [-0.39, 0.29) is 12.0 Å². The number of nitrogens with two attached hydrogens (primary N) is 1. The second-order valence-corrected chi connectivity index (χ2v) is 4.43. The molecule has 0 amide bonds. The lowest BCUT2D eigenvalue weighted by molar-refractivity contribution is 0.220. The zero-order valence-electron chi connectivity index (χ0n) is 9.03. The predicted molar refractivity (Wildman–Crippen MR) is 62.8 cm³/mol. The van der Waals surface area contributed by atoms with E-state index in [1.807, 2.05) is 12.1 Å². The van der Waals surface area contributed by atoms with Gasteiger partial charge in [0.25, 0.3) is 0 Å². The summed E-state index contributed by atoms with van der Waals surface area (Å²) in [6, 6.07) is 7.32. The normalized spacial score (nSPS) is 16.5. The van der Waals surface area contributed by atoms with E-state index in [1.54, 1.807) is 12.1 Å². The van der Waals surface area contributed by atoms with Gasteiger partial charge < -0.3 is 16.2 Å². The van der Waals surface area contributed by atoms with Crippen molar-refractivity contribution in [3.8, 4) is 6.07 Å². The van der Waals surface area contributed by atoms with Crippen molar-refractivity contribution in [2.75, 3.05) is 24.2 Å². The van der Waals surface area contributed by atoms with Crippen molar-refractivity contribution in [3.63, 3.8) is 0 Å². The Morgan fingerprint density at radius 2 is 2.25 bits per heavy atom. The van der Waals surface area contributed by atoms with Crippen LogP contribution in [0.4, 0.5) is 11.4 Å². The third kappa shape index (κ3) is 2.10. The SMILES string of the molecule is N#Cc1ccc(NCC2(CO)CC2)cc1N. The smallest absolute Gasteiger partial charge is 0.101 e. The van der Waals surface area contributed by atoms with Crippen LogP contribution in [0, 0.1) is 16.7 Å². The Morgan fingerprint density at radius 1 is 1.50 bits per heavy atom. The highest BCUT2D eigenvalue weighted by molar-refractivity contribution is 5.62. The first-order valence-electron chi connectivity index (χ1n) is 5.33. The highest BCUT2D eigenvalue weighted by Gasteiger charge is 2.41. The highest BCUT2D eigenvalue weighted by Crippen LogP contribution is 2.44. The van der Waals surface area contributed by atoms with Crippen molar-refractivity contribution in [3.05, 3.63) is 23.8 Å². The van der Waals surface area contributed by atoms with Crippen molar-refractivity contribution in [1.29, 1.82) is 5.26 Å². The molecule has 1 aromatic rings. The summed E-state index contributed by atoms with van der Waals surface area (Å²) < 4.78 is 0. The van der Waals surface area contributed by atoms with E-state index in [4.69, 9.17) is 16.1 Å². The van der Waals surface area contributed by atoms with E-state index in [1.165, 1.54) is 0 Å². The number of nitrogens with one attached hydrogen (secondary N) is 1. The standard InChI is InChI=1S/C12H15N3O/c13-6-9-1-2-10(5-11(9)14)15-7-12(8-16)3-4-12/h1-2,5,15-16H,3-4,7-8,14H2. The summed E-state index contributed by atoms with van der Waals surface area (Å²) in [5, 5.41) is 21.1. The molecule has 0 saturated heterocycles. The maximum absolute atomic E-state index is 9.16. The number of hydrogen-bond donors (Lipinski definition) is 3. The summed E-state index contributed by atoms with van der Waals surface area (Å²) in [5.41, 5.74) is 7.66. The zero-order chi connectivity index (χ0) is 11.6. The number of hydrogen-bond acceptors (Lipinski definition) is 4. The van der Waals surface area contributed by atoms with Gasteiger partial charge in [-0.2, -0.15) is 5.26 Å². The van der Waals surface area contributed by atoms with Crippen LogP contribution >= 0.6 is 0 Å². The molecule has 0 unspecified atom stereocenters. The molecule has 84 valence electrons. The minimum absolute atomic E-state index is 0.0721. The van der Waals surface area contributed by atoms with Crippen molar-refractivity contribution >= 4 is 11.4 Å². The molecule has 0 aliphatic heterocycles. The first kappa shape index (κ1) is 10.8. The van der Waals surface area contributed by atoms with Gasteiger partial charge >= 0.3 is 0 Å². The third-order valence-electron chi connectivity index (χ3n) is 3.13. The van der Waals surface area contributed by atoms with E-state index in [0.29, 0.717) is 11.3 Å². The van der Waals surface area contributed by atoms with Crippen LogP contribution in [0.1, 0.15) is 18.4 Å². The van der Waals surface area contributed by atoms with Gasteiger partial charge in [-0.3, -0.25) is 0 Å². The number of rotatable bonds is 4. The third-order valence-corrected chi connectivity index (χ3v) is 3.13. The molecule has 0 atom stereocenters. The zero-order valence-corrected chi connectivity index (χ0v) is 9.03. The number of aliphatic hydroxyl groups excluding tert-OH is 1. The van der Waals surface area contributed by atoms with Gasteiger partial charge in [-0.1, -0.05) is 0 Å². The van der Waals surface area contributed by atoms with Crippen LogP contribution in [0.15, 0.2) is 18.2 Å². The molecule has 0 heterocycles. The van der Waals surface area contributed by atoms with Crippen molar-refractivity contribution < 1.29 is 5.11 Å². The molecular formula is C12H15N3O. The Hall–Kier alpha value is -1.73. The Balaban J connectivity index is 2.00. The van der Waals surface area contributed by atoms with Crippen molar-refractivity contribution in [2.45, 2.75) is 12.8 Å². The Kier molecular flexibility index (Phi) is 2.71. The number of benzene rings is 1. The molecular weight excluding hydrogens is 202 g/mol. The van der Waals surface area contributed by atoms with Gasteiger partial charge in [0.2, 0.25) is 0 Å². The second-order valence-electron chi connectivity index (χ2n) is 4.43. The Labute approximate surface area is 94.7 Å². The van der Waals surface area contributed by atoms with Gasteiger partial charge in [0, 0.05) is 17.6 Å². The molecule has 1 saturated carbocycles. The molecule has 1 fully saturated rings. The lowest BCUT2D eigenvalue weighted by Gasteiger charge is -2.14. The first-order valence-corrected chi connectivity index (χ1v) is 5.33. The van der Waals surface area contributed by atoms with Crippen LogP contribution in [0.3, 0.4) is 0 Å². The van der Waals surface area contributed by atoms with Gasteiger partial charge in [-0.15, -0.1) is 0 Å². The largest absolute Gasteiger partial charge is 0.398 e. The molecule has 0 aromatic heterocycles. The highest BCUT2D eigenvalue weighted by atomic mass is 16.3. The van der Waals surface area contributed by atoms with Crippen LogP contribution in [-0.4, -0.2) is 18.3 Å². The number of nitrogens with zero attached hydrogens (tertiary/aromatic N) is 1. The van der Waals surface area contributed by atoms with Gasteiger partial charge in [-0.25, -0.2) is 0 Å². The predicted octanol–water partition coefficient (Wildman–Crippen LogP) is 1.32. The average molecular weight is 217 g/mol. The molecule has 0 spiro atoms. The first-order chi connectivity index (χ1) is 7.69. The van der Waals surface area contributed by atoms with E-state index < -0.39 is 0 Å². The van der Waals surface area contributed by atoms with E-state index >= 15 is 0 Å². The maximum atomic E-state index is 9.16. The maximum Gasteiger partial charge on any atom is 0.101 e. The lowest BCUT2D eigenvalue weighted by Crippen LogP contribution is -2.19. The minimum atomic E-state index is 0.0721. The fourth-order valence-corrected chi connectivity index (χ4v) is 1.63. The van der Waals surface area contributed by atoms with Crippen LogP contribution in [0.5, 0.6) is 0 Å². The van der Waals surface area contributed by atoms with E-state index in [2.05, 4.69) is 5.32 Å². The number of aliphatic hydroxyl groups is 1. The topological polar surface area (TPSA) is 82.1 Å². The van der Waals surface area contributed by atoms with Crippen LogP contribution in [0.25, 0.3) is 0 Å². The molecule has 4 N–H and O–H groups in total. The van der Waals surface area contributed by atoms with Crippen LogP contribution < -0.4 is 11.1 Å². The molecule has 0 radical (unpaired) electrons. The van der Waals surface area contributed by atoms with E-state index in [0.717, 1.165) is 25.1 Å². The Morgan fingerprint density at radius 3 is 2.75 bits per heavy atom. The molecule has 0 bridgehead atoms. The number of nitriles is 1. The number of anilines is 2. The second kappa shape index (κ2) is 4.03. The quantitative estimate of drug-likeness (QED) is 0.664. The average Bonchev–Trinajstić information content (AvgIpc) is 3.07. The van der Waals surface area contributed by atoms with Crippen LogP contribution in [0.2, 0.25) is 0 Å². The van der Waals surface area contributed by atoms with E-state index in [9.17, 15) is 0 Å². The molecule has 1 aromatic carbocycles. The molecule has 4 heteroatoms. The van der Waals surface area contributed by atoms with Gasteiger partial charge in [-0.05, 0) is 31.0 Å². The molecule has 16 heavy (non-hydrogen) atoms. The van der Waals surface area contributed by atoms with Gasteiger partial charge in [0.1, 0.15) is 6.07 Å². The van der Waals surface area contributed by atoms with Crippen LogP contribution in [-0.2, 0) is 0 Å². The van der Waals surface area contributed by atoms with Crippen molar-refractivity contribution in [2.24, 2.45) is 5.41 Å². The summed E-state index contributed by atoms with van der Waals surface area (Å²) in [6.07, 6.45) is 2.14. The molecule has 1 aliphatic carbocycles. The fraction of sp³-hybridized carbons (Fsp3) is 0.417. The minimum Gasteiger partial charge on any atom is -0.398 e.